The van der Waals surface area contributed by atoms with Crippen LogP contribution >= 0.6 is 0 Å². The zero-order valence-electron chi connectivity index (χ0n) is 9.57. The lowest BCUT2D eigenvalue weighted by Gasteiger charge is -2.04. The number of aryl methyl sites for hydroxylation is 3. The lowest BCUT2D eigenvalue weighted by atomic mass is 10.3. The fourth-order valence-corrected chi connectivity index (χ4v) is 1.26. The number of nitrogens with one attached hydrogen (secondary N) is 2. The molecular formula is C10H14N6. The van der Waals surface area contributed by atoms with Crippen molar-refractivity contribution in [3.8, 4) is 0 Å². The van der Waals surface area contributed by atoms with Gasteiger partial charge in [0.15, 0.2) is 0 Å². The SMILES string of the molecule is Cc1nnc(NCc2cn[nH]c2C)nc1C. The number of H-pyrrole nitrogens is 1. The highest BCUT2D eigenvalue weighted by molar-refractivity contribution is 5.28. The van der Waals surface area contributed by atoms with Gasteiger partial charge in [-0.1, -0.05) is 0 Å². The molecule has 0 unspecified atom stereocenters. The predicted octanol–water partition coefficient (Wildman–Crippen LogP) is 1.13. The first-order valence-corrected chi connectivity index (χ1v) is 5.07. The van der Waals surface area contributed by atoms with E-state index in [0.717, 1.165) is 22.6 Å². The second-order valence-corrected chi connectivity index (χ2v) is 3.68. The van der Waals surface area contributed by atoms with Crippen LogP contribution in [0.2, 0.25) is 0 Å². The molecule has 0 aliphatic rings. The van der Waals surface area contributed by atoms with Crippen molar-refractivity contribution in [2.45, 2.75) is 27.3 Å². The van der Waals surface area contributed by atoms with Gasteiger partial charge in [-0.25, -0.2) is 4.98 Å². The van der Waals surface area contributed by atoms with Crippen LogP contribution in [-0.4, -0.2) is 25.4 Å². The molecular weight excluding hydrogens is 204 g/mol. The van der Waals surface area contributed by atoms with E-state index in [-0.39, 0.29) is 0 Å². The topological polar surface area (TPSA) is 79.4 Å². The van der Waals surface area contributed by atoms with Crippen LogP contribution in [0.4, 0.5) is 5.95 Å². The Morgan fingerprint density at radius 3 is 2.62 bits per heavy atom. The average Bonchev–Trinajstić information content (AvgIpc) is 2.66. The molecule has 2 heterocycles. The maximum atomic E-state index is 4.29. The van der Waals surface area contributed by atoms with Crippen LogP contribution in [0.1, 0.15) is 22.6 Å². The third kappa shape index (κ3) is 2.16. The summed E-state index contributed by atoms with van der Waals surface area (Å²) < 4.78 is 0. The van der Waals surface area contributed by atoms with Crippen LogP contribution in [0.25, 0.3) is 0 Å². The van der Waals surface area contributed by atoms with Gasteiger partial charge in [-0.3, -0.25) is 5.10 Å². The molecule has 0 aliphatic heterocycles. The van der Waals surface area contributed by atoms with E-state index in [1.807, 2.05) is 20.8 Å². The monoisotopic (exact) mass is 218 g/mol. The van der Waals surface area contributed by atoms with Crippen LogP contribution in [-0.2, 0) is 6.54 Å². The molecule has 6 nitrogen and oxygen atoms in total. The summed E-state index contributed by atoms with van der Waals surface area (Å²) >= 11 is 0. The highest BCUT2D eigenvalue weighted by Gasteiger charge is 2.03. The Hall–Kier alpha value is -1.98. The zero-order chi connectivity index (χ0) is 11.5. The van der Waals surface area contributed by atoms with E-state index in [2.05, 4.69) is 30.7 Å². The maximum absolute atomic E-state index is 4.29. The molecule has 0 spiro atoms. The lowest BCUT2D eigenvalue weighted by Crippen LogP contribution is -2.07. The zero-order valence-corrected chi connectivity index (χ0v) is 9.57. The van der Waals surface area contributed by atoms with Crippen molar-refractivity contribution < 1.29 is 0 Å². The van der Waals surface area contributed by atoms with E-state index in [4.69, 9.17) is 0 Å². The summed E-state index contributed by atoms with van der Waals surface area (Å²) in [6.07, 6.45) is 1.79. The number of aromatic amines is 1. The Morgan fingerprint density at radius 2 is 2.00 bits per heavy atom. The van der Waals surface area contributed by atoms with Crippen molar-refractivity contribution >= 4 is 5.95 Å². The van der Waals surface area contributed by atoms with Gasteiger partial charge in [0.1, 0.15) is 0 Å². The van der Waals surface area contributed by atoms with Crippen molar-refractivity contribution in [3.05, 3.63) is 28.8 Å². The summed E-state index contributed by atoms with van der Waals surface area (Å²) in [5.74, 6) is 0.545. The first-order chi connectivity index (χ1) is 7.66. The van der Waals surface area contributed by atoms with Gasteiger partial charge < -0.3 is 5.32 Å². The number of anilines is 1. The van der Waals surface area contributed by atoms with Crippen LogP contribution in [0.15, 0.2) is 6.20 Å². The van der Waals surface area contributed by atoms with E-state index in [1.165, 1.54) is 0 Å². The lowest BCUT2D eigenvalue weighted by molar-refractivity contribution is 0.884. The standard InChI is InChI=1S/C10H14N6/c1-6-7(2)15-16-10(13-6)11-4-9-5-12-14-8(9)3/h5H,4H2,1-3H3,(H,12,14)(H,11,13,16). The minimum Gasteiger partial charge on any atom is -0.349 e. The summed E-state index contributed by atoms with van der Waals surface area (Å²) in [6, 6.07) is 0. The second-order valence-electron chi connectivity index (χ2n) is 3.68. The Bertz CT molecular complexity index is 490. The number of hydrogen-bond acceptors (Lipinski definition) is 5. The first kappa shape index (κ1) is 10.5. The van der Waals surface area contributed by atoms with Crippen LogP contribution < -0.4 is 5.32 Å². The number of hydrogen-bond donors (Lipinski definition) is 2. The molecule has 2 aromatic heterocycles. The van der Waals surface area contributed by atoms with Gasteiger partial charge in [-0.05, 0) is 20.8 Å². The van der Waals surface area contributed by atoms with E-state index in [9.17, 15) is 0 Å². The molecule has 16 heavy (non-hydrogen) atoms. The Morgan fingerprint density at radius 1 is 1.19 bits per heavy atom. The highest BCUT2D eigenvalue weighted by atomic mass is 15.2. The third-order valence-electron chi connectivity index (χ3n) is 2.46. The fraction of sp³-hybridized carbons (Fsp3) is 0.400. The summed E-state index contributed by atoms with van der Waals surface area (Å²) in [7, 11) is 0. The molecule has 0 atom stereocenters. The van der Waals surface area contributed by atoms with Crippen molar-refractivity contribution in [1.82, 2.24) is 25.4 Å². The molecule has 0 aromatic carbocycles. The van der Waals surface area contributed by atoms with Crippen molar-refractivity contribution in [2.75, 3.05) is 5.32 Å². The fourth-order valence-electron chi connectivity index (χ4n) is 1.26. The minimum absolute atomic E-state index is 0.545. The number of rotatable bonds is 3. The summed E-state index contributed by atoms with van der Waals surface area (Å²) in [5, 5.41) is 17.9. The number of aromatic nitrogens is 5. The van der Waals surface area contributed by atoms with E-state index in [0.29, 0.717) is 12.5 Å². The molecule has 6 heteroatoms. The van der Waals surface area contributed by atoms with Crippen molar-refractivity contribution in [2.24, 2.45) is 0 Å². The minimum atomic E-state index is 0.545. The molecule has 0 saturated carbocycles. The molecule has 0 fully saturated rings. The second kappa shape index (κ2) is 4.26. The third-order valence-corrected chi connectivity index (χ3v) is 2.46. The van der Waals surface area contributed by atoms with Gasteiger partial charge >= 0.3 is 0 Å². The van der Waals surface area contributed by atoms with Crippen LogP contribution in [0.3, 0.4) is 0 Å². The van der Waals surface area contributed by atoms with Crippen molar-refractivity contribution in [1.29, 1.82) is 0 Å². The molecule has 84 valence electrons. The van der Waals surface area contributed by atoms with E-state index >= 15 is 0 Å². The molecule has 0 amide bonds. The summed E-state index contributed by atoms with van der Waals surface area (Å²) in [4.78, 5) is 4.29. The largest absolute Gasteiger partial charge is 0.349 e. The summed E-state index contributed by atoms with van der Waals surface area (Å²) in [6.45, 7) is 6.42. The smallest absolute Gasteiger partial charge is 0.243 e. The predicted molar refractivity (Wildman–Crippen MR) is 60.0 cm³/mol. The normalized spacial score (nSPS) is 10.4. The maximum Gasteiger partial charge on any atom is 0.243 e. The molecule has 0 saturated heterocycles. The van der Waals surface area contributed by atoms with Gasteiger partial charge in [0.05, 0.1) is 17.6 Å². The molecule has 2 N–H and O–H groups in total. The van der Waals surface area contributed by atoms with Crippen molar-refractivity contribution in [3.63, 3.8) is 0 Å². The number of nitrogens with zero attached hydrogens (tertiary/aromatic N) is 4. The molecule has 2 aromatic rings. The Labute approximate surface area is 93.5 Å². The van der Waals surface area contributed by atoms with Gasteiger partial charge in [-0.15, -0.1) is 5.10 Å². The van der Waals surface area contributed by atoms with Crippen LogP contribution in [0, 0.1) is 20.8 Å². The quantitative estimate of drug-likeness (QED) is 0.807. The molecule has 0 radical (unpaired) electrons. The van der Waals surface area contributed by atoms with Gasteiger partial charge in [-0.2, -0.15) is 10.2 Å². The first-order valence-electron chi connectivity index (χ1n) is 5.07. The Balaban J connectivity index is 2.05. The average molecular weight is 218 g/mol. The van der Waals surface area contributed by atoms with Gasteiger partial charge in [0, 0.05) is 17.8 Å². The summed E-state index contributed by atoms with van der Waals surface area (Å²) in [5.41, 5.74) is 3.89. The molecule has 0 aliphatic carbocycles. The highest BCUT2D eigenvalue weighted by Crippen LogP contribution is 2.06. The van der Waals surface area contributed by atoms with Gasteiger partial charge in [0.25, 0.3) is 0 Å². The molecule has 2 rings (SSSR count). The van der Waals surface area contributed by atoms with E-state index in [1.54, 1.807) is 6.20 Å². The van der Waals surface area contributed by atoms with E-state index < -0.39 is 0 Å². The van der Waals surface area contributed by atoms with Gasteiger partial charge in [0.2, 0.25) is 5.95 Å². The Kier molecular flexibility index (Phi) is 2.80. The molecule has 0 bridgehead atoms. The van der Waals surface area contributed by atoms with Crippen LogP contribution in [0.5, 0.6) is 0 Å².